The van der Waals surface area contributed by atoms with E-state index in [1.54, 1.807) is 6.26 Å². The Balaban J connectivity index is 1.39. The second-order valence-corrected chi connectivity index (χ2v) is 8.95. The molecule has 1 aliphatic carbocycles. The highest BCUT2D eigenvalue weighted by molar-refractivity contribution is 5.28. The Morgan fingerprint density at radius 1 is 1.00 bits per heavy atom. The lowest BCUT2D eigenvalue weighted by atomic mass is 9.93. The van der Waals surface area contributed by atoms with Gasteiger partial charge in [0, 0.05) is 32.2 Å². The van der Waals surface area contributed by atoms with Gasteiger partial charge in [-0.15, -0.1) is 5.10 Å². The number of piperazine rings is 1. The standard InChI is InChI=1S/C24H32N6O/c1-19-9-11-20(12-10-19)23(24-25-26-27-30(24)18-22-8-5-17-31-22)29-15-13-28(14-16-29)21-6-3-2-4-7-21/h5,8-12,17,21,23H,2-4,6-7,13-16,18H2,1H3. The normalized spacial score (nSPS) is 20.2. The quantitative estimate of drug-likeness (QED) is 0.606. The summed E-state index contributed by atoms with van der Waals surface area (Å²) in [6.07, 6.45) is 8.61. The van der Waals surface area contributed by atoms with Crippen LogP contribution < -0.4 is 0 Å². The summed E-state index contributed by atoms with van der Waals surface area (Å²) in [5.41, 5.74) is 2.51. The zero-order valence-electron chi connectivity index (χ0n) is 18.4. The van der Waals surface area contributed by atoms with Crippen LogP contribution in [0.15, 0.2) is 47.1 Å². The number of aromatic nitrogens is 4. The summed E-state index contributed by atoms with van der Waals surface area (Å²) in [6, 6.07) is 13.5. The fraction of sp³-hybridized carbons (Fsp3) is 0.542. The highest BCUT2D eigenvalue weighted by atomic mass is 16.3. The van der Waals surface area contributed by atoms with Crippen molar-refractivity contribution in [3.05, 3.63) is 65.4 Å². The third-order valence-corrected chi connectivity index (χ3v) is 6.89. The predicted molar refractivity (Wildman–Crippen MR) is 119 cm³/mol. The van der Waals surface area contributed by atoms with E-state index in [0.717, 1.165) is 43.8 Å². The van der Waals surface area contributed by atoms with Gasteiger partial charge in [-0.1, -0.05) is 49.1 Å². The SMILES string of the molecule is Cc1ccc(C(c2nnnn2Cc2ccco2)N2CCN(C3CCCCC3)CC2)cc1. The second-order valence-electron chi connectivity index (χ2n) is 8.95. The van der Waals surface area contributed by atoms with Crippen LogP contribution in [0, 0.1) is 6.92 Å². The van der Waals surface area contributed by atoms with E-state index >= 15 is 0 Å². The summed E-state index contributed by atoms with van der Waals surface area (Å²) in [4.78, 5) is 5.27. The third-order valence-electron chi connectivity index (χ3n) is 6.89. The minimum atomic E-state index is 0.0408. The van der Waals surface area contributed by atoms with Gasteiger partial charge < -0.3 is 4.42 Å². The first-order valence-electron chi connectivity index (χ1n) is 11.6. The van der Waals surface area contributed by atoms with E-state index in [-0.39, 0.29) is 6.04 Å². The van der Waals surface area contributed by atoms with Crippen molar-refractivity contribution in [2.24, 2.45) is 0 Å². The van der Waals surface area contributed by atoms with Gasteiger partial charge in [-0.05, 0) is 47.9 Å². The number of hydrogen-bond donors (Lipinski definition) is 0. The zero-order valence-corrected chi connectivity index (χ0v) is 18.4. The predicted octanol–water partition coefficient (Wildman–Crippen LogP) is 3.66. The molecule has 3 aromatic rings. The maximum absolute atomic E-state index is 5.55. The summed E-state index contributed by atoms with van der Waals surface area (Å²) in [5, 5.41) is 12.8. The molecular formula is C24H32N6O. The zero-order chi connectivity index (χ0) is 21.0. The van der Waals surface area contributed by atoms with Gasteiger partial charge in [0.2, 0.25) is 0 Å². The summed E-state index contributed by atoms with van der Waals surface area (Å²) in [5.74, 6) is 1.74. The van der Waals surface area contributed by atoms with E-state index in [1.165, 1.54) is 43.2 Å². The average Bonchev–Trinajstić information content (AvgIpc) is 3.49. The molecule has 3 heterocycles. The van der Waals surface area contributed by atoms with Crippen molar-refractivity contribution in [1.82, 2.24) is 30.0 Å². The molecule has 0 N–H and O–H groups in total. The van der Waals surface area contributed by atoms with E-state index in [9.17, 15) is 0 Å². The van der Waals surface area contributed by atoms with Crippen molar-refractivity contribution in [2.45, 2.75) is 57.7 Å². The number of tetrazole rings is 1. The van der Waals surface area contributed by atoms with Gasteiger partial charge in [0.15, 0.2) is 5.82 Å². The molecule has 1 aromatic carbocycles. The molecule has 0 bridgehead atoms. The van der Waals surface area contributed by atoms with Crippen LogP contribution in [-0.4, -0.2) is 62.2 Å². The van der Waals surface area contributed by atoms with Gasteiger partial charge in [-0.2, -0.15) is 0 Å². The lowest BCUT2D eigenvalue weighted by Gasteiger charge is -2.43. The largest absolute Gasteiger partial charge is 0.467 e. The molecule has 1 saturated heterocycles. The maximum atomic E-state index is 5.55. The van der Waals surface area contributed by atoms with Crippen LogP contribution >= 0.6 is 0 Å². The fourth-order valence-electron chi connectivity index (χ4n) is 5.15. The molecule has 1 aliphatic heterocycles. The van der Waals surface area contributed by atoms with Crippen molar-refractivity contribution in [1.29, 1.82) is 0 Å². The van der Waals surface area contributed by atoms with Gasteiger partial charge in [-0.25, -0.2) is 4.68 Å². The van der Waals surface area contributed by atoms with E-state index in [2.05, 4.69) is 56.5 Å². The lowest BCUT2D eigenvalue weighted by Crippen LogP contribution is -2.52. The van der Waals surface area contributed by atoms with Crippen LogP contribution in [0.3, 0.4) is 0 Å². The summed E-state index contributed by atoms with van der Waals surface area (Å²) in [7, 11) is 0. The number of benzene rings is 1. The monoisotopic (exact) mass is 420 g/mol. The molecule has 0 spiro atoms. The van der Waals surface area contributed by atoms with E-state index in [4.69, 9.17) is 4.42 Å². The Kier molecular flexibility index (Phi) is 6.13. The van der Waals surface area contributed by atoms with Crippen LogP contribution in [0.1, 0.15) is 60.9 Å². The Morgan fingerprint density at radius 3 is 2.48 bits per heavy atom. The van der Waals surface area contributed by atoms with Gasteiger partial charge in [0.25, 0.3) is 0 Å². The molecule has 2 aromatic heterocycles. The number of aryl methyl sites for hydroxylation is 1. The molecule has 0 amide bonds. The van der Waals surface area contributed by atoms with Crippen molar-refractivity contribution < 1.29 is 4.42 Å². The fourth-order valence-corrected chi connectivity index (χ4v) is 5.15. The van der Waals surface area contributed by atoms with Crippen molar-refractivity contribution in [3.8, 4) is 0 Å². The van der Waals surface area contributed by atoms with Gasteiger partial charge in [0.05, 0.1) is 12.3 Å². The van der Waals surface area contributed by atoms with Crippen LogP contribution in [0.4, 0.5) is 0 Å². The van der Waals surface area contributed by atoms with Crippen LogP contribution in [-0.2, 0) is 6.54 Å². The Morgan fingerprint density at radius 2 is 1.77 bits per heavy atom. The average molecular weight is 421 g/mol. The summed E-state index contributed by atoms with van der Waals surface area (Å²) >= 11 is 0. The lowest BCUT2D eigenvalue weighted by molar-refractivity contribution is 0.0620. The first kappa shape index (κ1) is 20.4. The van der Waals surface area contributed by atoms with Crippen LogP contribution in [0.2, 0.25) is 0 Å². The first-order chi connectivity index (χ1) is 15.3. The van der Waals surface area contributed by atoms with Crippen LogP contribution in [0.25, 0.3) is 0 Å². The number of nitrogens with zero attached hydrogens (tertiary/aromatic N) is 6. The molecule has 1 saturated carbocycles. The van der Waals surface area contributed by atoms with Crippen LogP contribution in [0.5, 0.6) is 0 Å². The van der Waals surface area contributed by atoms with Crippen molar-refractivity contribution >= 4 is 0 Å². The minimum absolute atomic E-state index is 0.0408. The summed E-state index contributed by atoms with van der Waals surface area (Å²) in [6.45, 7) is 6.97. The molecule has 1 unspecified atom stereocenters. The Labute approximate surface area is 184 Å². The third kappa shape index (κ3) is 4.57. The van der Waals surface area contributed by atoms with E-state index in [0.29, 0.717) is 6.54 Å². The molecule has 0 radical (unpaired) electrons. The number of furan rings is 1. The minimum Gasteiger partial charge on any atom is -0.467 e. The summed E-state index contributed by atoms with van der Waals surface area (Å²) < 4.78 is 7.44. The number of rotatable bonds is 6. The molecular weight excluding hydrogens is 388 g/mol. The highest BCUT2D eigenvalue weighted by Crippen LogP contribution is 2.30. The van der Waals surface area contributed by atoms with E-state index in [1.807, 2.05) is 16.8 Å². The smallest absolute Gasteiger partial charge is 0.173 e. The topological polar surface area (TPSA) is 63.2 Å². The molecule has 164 valence electrons. The number of hydrogen-bond acceptors (Lipinski definition) is 6. The van der Waals surface area contributed by atoms with Gasteiger partial charge in [0.1, 0.15) is 12.3 Å². The Hall–Kier alpha value is -2.51. The van der Waals surface area contributed by atoms with E-state index < -0.39 is 0 Å². The molecule has 1 atom stereocenters. The Bertz CT molecular complexity index is 937. The van der Waals surface area contributed by atoms with Gasteiger partial charge >= 0.3 is 0 Å². The highest BCUT2D eigenvalue weighted by Gasteiger charge is 2.32. The molecule has 7 heteroatoms. The maximum Gasteiger partial charge on any atom is 0.173 e. The van der Waals surface area contributed by atoms with Crippen molar-refractivity contribution in [2.75, 3.05) is 26.2 Å². The van der Waals surface area contributed by atoms with Crippen molar-refractivity contribution in [3.63, 3.8) is 0 Å². The molecule has 2 fully saturated rings. The molecule has 31 heavy (non-hydrogen) atoms. The first-order valence-corrected chi connectivity index (χ1v) is 11.6. The molecule has 7 nitrogen and oxygen atoms in total. The molecule has 2 aliphatic rings. The molecule has 5 rings (SSSR count). The van der Waals surface area contributed by atoms with Gasteiger partial charge in [-0.3, -0.25) is 9.80 Å². The second kappa shape index (κ2) is 9.32.